The van der Waals surface area contributed by atoms with Gasteiger partial charge in [0.2, 0.25) is 0 Å². The van der Waals surface area contributed by atoms with E-state index in [1.165, 1.54) is 12.3 Å². The molecule has 1 aliphatic heterocycles. The van der Waals surface area contributed by atoms with Gasteiger partial charge in [-0.05, 0) is 42.0 Å². The number of fused-ring (bicyclic) bond motifs is 1. The van der Waals surface area contributed by atoms with Crippen molar-refractivity contribution in [2.75, 3.05) is 0 Å². The number of halogens is 2. The van der Waals surface area contributed by atoms with Crippen LogP contribution in [0.1, 0.15) is 16.9 Å². The minimum Gasteiger partial charge on any atom is -0.467 e. The van der Waals surface area contributed by atoms with E-state index in [1.54, 1.807) is 24.3 Å². The summed E-state index contributed by atoms with van der Waals surface area (Å²) in [5, 5.41) is 4.16. The first kappa shape index (κ1) is 22.0. The Morgan fingerprint density at radius 2 is 1.79 bits per heavy atom. The van der Waals surface area contributed by atoms with Crippen LogP contribution in [0.15, 0.2) is 77.0 Å². The van der Waals surface area contributed by atoms with Gasteiger partial charge in [0.15, 0.2) is 0 Å². The Morgan fingerprint density at radius 1 is 0.971 bits per heavy atom. The number of barbiturate groups is 1. The van der Waals surface area contributed by atoms with Crippen LogP contribution < -0.4 is 5.32 Å². The molecule has 0 spiro atoms. The van der Waals surface area contributed by atoms with Gasteiger partial charge >= 0.3 is 6.03 Å². The number of carbonyl (C=O) groups excluding carboxylic acids is 3. The molecular formula is C25H17Cl2N3O4. The van der Waals surface area contributed by atoms with E-state index in [0.29, 0.717) is 27.9 Å². The summed E-state index contributed by atoms with van der Waals surface area (Å²) in [6.07, 6.45) is 4.80. The molecule has 0 saturated carbocycles. The van der Waals surface area contributed by atoms with E-state index in [0.717, 1.165) is 21.4 Å². The van der Waals surface area contributed by atoms with Gasteiger partial charge in [0, 0.05) is 39.3 Å². The second-order valence-corrected chi connectivity index (χ2v) is 8.60. The van der Waals surface area contributed by atoms with Crippen molar-refractivity contribution < 1.29 is 18.8 Å². The molecule has 34 heavy (non-hydrogen) atoms. The van der Waals surface area contributed by atoms with Crippen LogP contribution in [0, 0.1) is 0 Å². The summed E-state index contributed by atoms with van der Waals surface area (Å²) < 4.78 is 7.23. The standard InChI is InChI=1S/C25H17Cl2N3O4/c26-17-8-7-15(21(27)11-17)12-29-13-16(19-5-1-2-6-22(19)29)10-20-23(31)28-25(33)30(24(20)32)14-18-4-3-9-34-18/h1-11,13H,12,14H2,(H,28,31,33)/b20-10+. The fourth-order valence-corrected chi connectivity index (χ4v) is 4.37. The maximum Gasteiger partial charge on any atom is 0.331 e. The number of urea groups is 1. The Bertz CT molecular complexity index is 1470. The average Bonchev–Trinajstić information content (AvgIpc) is 3.44. The number of aromatic nitrogens is 1. The number of furan rings is 1. The maximum absolute atomic E-state index is 13.1. The van der Waals surface area contributed by atoms with Crippen LogP contribution in [0.2, 0.25) is 10.0 Å². The minimum atomic E-state index is -0.789. The molecule has 1 saturated heterocycles. The smallest absolute Gasteiger partial charge is 0.331 e. The van der Waals surface area contributed by atoms with Crippen molar-refractivity contribution in [2.45, 2.75) is 13.1 Å². The number of rotatable bonds is 5. The highest BCUT2D eigenvalue weighted by atomic mass is 35.5. The maximum atomic E-state index is 13.1. The topological polar surface area (TPSA) is 84.6 Å². The Balaban J connectivity index is 1.53. The second-order valence-electron chi connectivity index (χ2n) is 7.75. The molecule has 3 heterocycles. The van der Waals surface area contributed by atoms with Crippen molar-refractivity contribution >= 4 is 58.0 Å². The molecule has 2 aromatic heterocycles. The summed E-state index contributed by atoms with van der Waals surface area (Å²) >= 11 is 12.4. The van der Waals surface area contributed by atoms with E-state index in [4.69, 9.17) is 27.6 Å². The van der Waals surface area contributed by atoms with Gasteiger partial charge in [-0.25, -0.2) is 4.79 Å². The van der Waals surface area contributed by atoms with Crippen LogP contribution in [0.25, 0.3) is 17.0 Å². The predicted octanol–water partition coefficient (Wildman–Crippen LogP) is 5.25. The first-order valence-electron chi connectivity index (χ1n) is 10.3. The third kappa shape index (κ3) is 4.11. The zero-order valence-corrected chi connectivity index (χ0v) is 19.1. The Labute approximate surface area is 204 Å². The van der Waals surface area contributed by atoms with Crippen molar-refractivity contribution in [2.24, 2.45) is 0 Å². The van der Waals surface area contributed by atoms with Gasteiger partial charge in [-0.1, -0.05) is 47.5 Å². The minimum absolute atomic E-state index is 0.0842. The lowest BCUT2D eigenvalue weighted by Gasteiger charge is -2.25. The largest absolute Gasteiger partial charge is 0.467 e. The average molecular weight is 494 g/mol. The van der Waals surface area contributed by atoms with Crippen LogP contribution in [0.5, 0.6) is 0 Å². The number of nitrogens with zero attached hydrogens (tertiary/aromatic N) is 2. The van der Waals surface area contributed by atoms with Gasteiger partial charge in [-0.2, -0.15) is 0 Å². The molecule has 1 fully saturated rings. The third-order valence-corrected chi connectivity index (χ3v) is 6.14. The first-order chi connectivity index (χ1) is 16.4. The van der Waals surface area contributed by atoms with Gasteiger partial charge in [0.1, 0.15) is 11.3 Å². The van der Waals surface area contributed by atoms with Gasteiger partial charge in [-0.3, -0.25) is 19.8 Å². The third-order valence-electron chi connectivity index (χ3n) is 5.55. The summed E-state index contributed by atoms with van der Waals surface area (Å²) in [5.74, 6) is -1.01. The van der Waals surface area contributed by atoms with Gasteiger partial charge in [0.05, 0.1) is 12.8 Å². The monoisotopic (exact) mass is 493 g/mol. The van der Waals surface area contributed by atoms with Crippen LogP contribution >= 0.6 is 23.2 Å². The highest BCUT2D eigenvalue weighted by Crippen LogP contribution is 2.28. The van der Waals surface area contributed by atoms with Gasteiger partial charge in [-0.15, -0.1) is 0 Å². The molecular weight excluding hydrogens is 477 g/mol. The molecule has 0 atom stereocenters. The summed E-state index contributed by atoms with van der Waals surface area (Å²) in [6, 6.07) is 15.4. The predicted molar refractivity (Wildman–Crippen MR) is 128 cm³/mol. The van der Waals surface area contributed by atoms with E-state index < -0.39 is 17.8 Å². The number of carbonyl (C=O) groups is 3. The molecule has 170 valence electrons. The molecule has 0 radical (unpaired) electrons. The van der Waals surface area contributed by atoms with Crippen LogP contribution in [0.3, 0.4) is 0 Å². The van der Waals surface area contributed by atoms with Gasteiger partial charge in [0.25, 0.3) is 11.8 Å². The fraction of sp³-hybridized carbons (Fsp3) is 0.0800. The Hall–Kier alpha value is -3.81. The lowest BCUT2D eigenvalue weighted by atomic mass is 10.1. The number of imide groups is 2. The molecule has 1 N–H and O–H groups in total. The Morgan fingerprint density at radius 3 is 2.56 bits per heavy atom. The van der Waals surface area contributed by atoms with Crippen LogP contribution in [-0.2, 0) is 22.7 Å². The number of benzene rings is 2. The Kier molecular flexibility index (Phi) is 5.73. The lowest BCUT2D eigenvalue weighted by molar-refractivity contribution is -0.130. The van der Waals surface area contributed by atoms with Crippen LogP contribution in [-0.4, -0.2) is 27.3 Å². The zero-order valence-electron chi connectivity index (χ0n) is 17.6. The van der Waals surface area contributed by atoms with Crippen molar-refractivity contribution in [1.29, 1.82) is 0 Å². The molecule has 0 aliphatic carbocycles. The SMILES string of the molecule is O=C1NC(=O)N(Cc2ccco2)C(=O)/C1=C/c1cn(Cc2ccc(Cl)cc2Cl)c2ccccc12. The molecule has 5 rings (SSSR count). The highest BCUT2D eigenvalue weighted by Gasteiger charge is 2.36. The van der Waals surface area contributed by atoms with E-state index >= 15 is 0 Å². The van der Waals surface area contributed by atoms with E-state index in [1.807, 2.05) is 41.1 Å². The first-order valence-corrected chi connectivity index (χ1v) is 11.1. The number of hydrogen-bond acceptors (Lipinski definition) is 4. The molecule has 7 nitrogen and oxygen atoms in total. The van der Waals surface area contributed by atoms with Gasteiger partial charge < -0.3 is 8.98 Å². The van der Waals surface area contributed by atoms with Crippen molar-refractivity contribution in [3.8, 4) is 0 Å². The number of amides is 4. The second kappa shape index (κ2) is 8.85. The van der Waals surface area contributed by atoms with Crippen LogP contribution in [0.4, 0.5) is 4.79 Å². The number of hydrogen-bond donors (Lipinski definition) is 1. The fourth-order valence-electron chi connectivity index (χ4n) is 3.91. The van der Waals surface area contributed by atoms with E-state index in [9.17, 15) is 14.4 Å². The molecule has 2 aromatic carbocycles. The summed E-state index contributed by atoms with van der Waals surface area (Å²) in [4.78, 5) is 38.9. The van der Waals surface area contributed by atoms with Crippen molar-refractivity contribution in [3.63, 3.8) is 0 Å². The van der Waals surface area contributed by atoms with E-state index in [-0.39, 0.29) is 12.1 Å². The van der Waals surface area contributed by atoms with Crippen molar-refractivity contribution in [1.82, 2.24) is 14.8 Å². The molecule has 4 amide bonds. The summed E-state index contributed by atoms with van der Waals surface area (Å²) in [7, 11) is 0. The molecule has 0 unspecified atom stereocenters. The summed E-state index contributed by atoms with van der Waals surface area (Å²) in [5.41, 5.74) is 2.28. The number of para-hydroxylation sites is 1. The molecule has 9 heteroatoms. The van der Waals surface area contributed by atoms with E-state index in [2.05, 4.69) is 5.32 Å². The highest BCUT2D eigenvalue weighted by molar-refractivity contribution is 6.35. The molecule has 1 aliphatic rings. The summed E-state index contributed by atoms with van der Waals surface area (Å²) in [6.45, 7) is 0.377. The normalized spacial score (nSPS) is 15.4. The zero-order chi connectivity index (χ0) is 23.8. The quantitative estimate of drug-likeness (QED) is 0.303. The number of nitrogens with one attached hydrogen (secondary N) is 1. The lowest BCUT2D eigenvalue weighted by Crippen LogP contribution is -2.53. The van der Waals surface area contributed by atoms with Crippen molar-refractivity contribution in [3.05, 3.63) is 99.6 Å². The molecule has 4 aromatic rings. The molecule has 0 bridgehead atoms.